The molecule has 0 spiro atoms. The molecule has 0 radical (unpaired) electrons. The number of fused-ring (bicyclic) bond motifs is 1. The molecule has 1 aromatic carbocycles. The Morgan fingerprint density at radius 1 is 1.35 bits per heavy atom. The topological polar surface area (TPSA) is 34.2 Å². The predicted octanol–water partition coefficient (Wildman–Crippen LogP) is 3.45. The second kappa shape index (κ2) is 5.51. The maximum absolute atomic E-state index is 5.86. The lowest BCUT2D eigenvalue weighted by Gasteiger charge is -2.47. The molecule has 3 rings (SSSR count). The summed E-state index contributed by atoms with van der Waals surface area (Å²) in [6.07, 6.45) is 5.48. The number of ether oxygens (including phenoxy) is 1. The Kier molecular flexibility index (Phi) is 3.72. The molecule has 1 unspecified atom stereocenters. The van der Waals surface area contributed by atoms with Gasteiger partial charge in [-0.1, -0.05) is 25.1 Å². The Labute approximate surface area is 120 Å². The summed E-state index contributed by atoms with van der Waals surface area (Å²) >= 11 is 0. The zero-order chi connectivity index (χ0) is 14.0. The van der Waals surface area contributed by atoms with E-state index in [1.165, 1.54) is 17.4 Å². The first-order valence-electron chi connectivity index (χ1n) is 7.42. The van der Waals surface area contributed by atoms with Crippen LogP contribution in [0.25, 0.3) is 10.9 Å². The van der Waals surface area contributed by atoms with Crippen molar-refractivity contribution in [2.24, 2.45) is 0 Å². The largest absolute Gasteiger partial charge is 0.376 e. The van der Waals surface area contributed by atoms with Gasteiger partial charge in [-0.3, -0.25) is 4.98 Å². The molecule has 1 fully saturated rings. The van der Waals surface area contributed by atoms with Crippen LogP contribution < -0.4 is 5.32 Å². The van der Waals surface area contributed by atoms with E-state index in [4.69, 9.17) is 4.74 Å². The minimum Gasteiger partial charge on any atom is -0.376 e. The predicted molar refractivity (Wildman–Crippen MR) is 81.8 cm³/mol. The number of hydrogen-bond donors (Lipinski definition) is 1. The molecule has 0 aliphatic heterocycles. The van der Waals surface area contributed by atoms with Crippen LogP contribution in [-0.2, 0) is 4.74 Å². The summed E-state index contributed by atoms with van der Waals surface area (Å²) in [6, 6.07) is 10.7. The van der Waals surface area contributed by atoms with Gasteiger partial charge in [0.1, 0.15) is 0 Å². The van der Waals surface area contributed by atoms with Crippen molar-refractivity contribution in [3.05, 3.63) is 42.1 Å². The summed E-state index contributed by atoms with van der Waals surface area (Å²) in [5, 5.41) is 4.79. The van der Waals surface area contributed by atoms with Crippen molar-refractivity contribution in [2.45, 2.75) is 37.8 Å². The molecule has 0 saturated heterocycles. The van der Waals surface area contributed by atoms with Crippen LogP contribution in [0.15, 0.2) is 36.5 Å². The third-order valence-electron chi connectivity index (χ3n) is 4.49. The molecule has 1 aliphatic carbocycles. The van der Waals surface area contributed by atoms with Crippen LogP contribution >= 0.6 is 0 Å². The van der Waals surface area contributed by atoms with Gasteiger partial charge in [0.2, 0.25) is 0 Å². The molecule has 0 amide bonds. The van der Waals surface area contributed by atoms with E-state index >= 15 is 0 Å². The lowest BCUT2D eigenvalue weighted by Crippen LogP contribution is -2.50. The van der Waals surface area contributed by atoms with Gasteiger partial charge in [0.25, 0.3) is 0 Å². The molecule has 2 aromatic rings. The van der Waals surface area contributed by atoms with Crippen molar-refractivity contribution >= 4 is 10.9 Å². The highest BCUT2D eigenvalue weighted by Crippen LogP contribution is 2.45. The number of likely N-dealkylation sites (N-methyl/N-ethyl adjacent to an activating group) is 1. The lowest BCUT2D eigenvalue weighted by atomic mass is 9.72. The second-order valence-electron chi connectivity index (χ2n) is 5.57. The zero-order valence-electron chi connectivity index (χ0n) is 12.2. The van der Waals surface area contributed by atoms with Gasteiger partial charge in [-0.15, -0.1) is 0 Å². The SMILES string of the molecule is CCNC(c1cnc2ccccc2c1)C1(OC)CCC1. The highest BCUT2D eigenvalue weighted by atomic mass is 16.5. The maximum atomic E-state index is 5.86. The van der Waals surface area contributed by atoms with E-state index < -0.39 is 0 Å². The number of aromatic nitrogens is 1. The summed E-state index contributed by atoms with van der Waals surface area (Å²) in [7, 11) is 1.83. The van der Waals surface area contributed by atoms with E-state index in [-0.39, 0.29) is 11.6 Å². The van der Waals surface area contributed by atoms with Gasteiger partial charge < -0.3 is 10.1 Å². The fourth-order valence-corrected chi connectivity index (χ4v) is 3.19. The third kappa shape index (κ3) is 2.21. The molecular weight excluding hydrogens is 248 g/mol. The molecule has 1 heterocycles. The van der Waals surface area contributed by atoms with Crippen molar-refractivity contribution in [1.29, 1.82) is 0 Å². The Hall–Kier alpha value is -1.45. The average molecular weight is 270 g/mol. The van der Waals surface area contributed by atoms with Crippen LogP contribution in [0.3, 0.4) is 0 Å². The fourth-order valence-electron chi connectivity index (χ4n) is 3.19. The number of nitrogens with one attached hydrogen (secondary N) is 1. The molecule has 20 heavy (non-hydrogen) atoms. The summed E-state index contributed by atoms with van der Waals surface area (Å²) < 4.78 is 5.86. The molecule has 1 aliphatic rings. The van der Waals surface area contributed by atoms with E-state index in [2.05, 4.69) is 41.5 Å². The van der Waals surface area contributed by atoms with Crippen LogP contribution in [0.1, 0.15) is 37.8 Å². The molecule has 1 N–H and O–H groups in total. The minimum absolute atomic E-state index is 0.0554. The van der Waals surface area contributed by atoms with Crippen molar-refractivity contribution in [2.75, 3.05) is 13.7 Å². The fraction of sp³-hybridized carbons (Fsp3) is 0.471. The van der Waals surface area contributed by atoms with E-state index in [9.17, 15) is 0 Å². The summed E-state index contributed by atoms with van der Waals surface area (Å²) in [6.45, 7) is 3.08. The molecule has 106 valence electrons. The number of nitrogens with zero attached hydrogens (tertiary/aromatic N) is 1. The first-order valence-corrected chi connectivity index (χ1v) is 7.42. The van der Waals surface area contributed by atoms with Gasteiger partial charge in [-0.25, -0.2) is 0 Å². The van der Waals surface area contributed by atoms with Gasteiger partial charge in [0.05, 0.1) is 17.2 Å². The number of benzene rings is 1. The average Bonchev–Trinajstić information content (AvgIpc) is 2.45. The zero-order valence-corrected chi connectivity index (χ0v) is 12.2. The summed E-state index contributed by atoms with van der Waals surface area (Å²) in [4.78, 5) is 4.59. The Morgan fingerprint density at radius 2 is 2.15 bits per heavy atom. The minimum atomic E-state index is -0.0554. The highest BCUT2D eigenvalue weighted by molar-refractivity contribution is 5.78. The molecule has 1 aromatic heterocycles. The van der Waals surface area contributed by atoms with Gasteiger partial charge in [0, 0.05) is 18.7 Å². The molecule has 3 heteroatoms. The number of para-hydroxylation sites is 1. The highest BCUT2D eigenvalue weighted by Gasteiger charge is 2.45. The third-order valence-corrected chi connectivity index (χ3v) is 4.49. The van der Waals surface area contributed by atoms with Gasteiger partial charge in [-0.2, -0.15) is 0 Å². The van der Waals surface area contributed by atoms with Gasteiger partial charge in [0.15, 0.2) is 0 Å². The van der Waals surface area contributed by atoms with Crippen LogP contribution in [0.2, 0.25) is 0 Å². The molecule has 1 saturated carbocycles. The Morgan fingerprint density at radius 3 is 2.80 bits per heavy atom. The van der Waals surface area contributed by atoms with Crippen LogP contribution in [-0.4, -0.2) is 24.2 Å². The van der Waals surface area contributed by atoms with Crippen molar-refractivity contribution in [3.63, 3.8) is 0 Å². The number of methoxy groups -OCH3 is 1. The summed E-state index contributed by atoms with van der Waals surface area (Å²) in [5.74, 6) is 0. The van der Waals surface area contributed by atoms with Crippen LogP contribution in [0.5, 0.6) is 0 Å². The first-order chi connectivity index (χ1) is 9.79. The van der Waals surface area contributed by atoms with E-state index in [0.717, 1.165) is 24.9 Å². The smallest absolute Gasteiger partial charge is 0.0873 e. The standard InChI is InChI=1S/C17H22N2O/c1-3-18-16(17(20-2)9-6-10-17)14-11-13-7-4-5-8-15(13)19-12-14/h4-5,7-8,11-12,16,18H,3,6,9-10H2,1-2H3. The van der Waals surface area contributed by atoms with Crippen LogP contribution in [0, 0.1) is 0 Å². The number of hydrogen-bond acceptors (Lipinski definition) is 3. The van der Waals surface area contributed by atoms with E-state index in [1.54, 1.807) is 0 Å². The Bertz CT molecular complexity index is 587. The lowest BCUT2D eigenvalue weighted by molar-refractivity contribution is -0.0995. The van der Waals surface area contributed by atoms with E-state index in [0.29, 0.717) is 0 Å². The quantitative estimate of drug-likeness (QED) is 0.903. The van der Waals surface area contributed by atoms with Crippen molar-refractivity contribution < 1.29 is 4.74 Å². The second-order valence-corrected chi connectivity index (χ2v) is 5.57. The number of rotatable bonds is 5. The summed E-state index contributed by atoms with van der Waals surface area (Å²) in [5.41, 5.74) is 2.22. The van der Waals surface area contributed by atoms with E-state index in [1.807, 2.05) is 19.4 Å². The van der Waals surface area contributed by atoms with Crippen molar-refractivity contribution in [3.8, 4) is 0 Å². The molecular formula is C17H22N2O. The number of pyridine rings is 1. The van der Waals surface area contributed by atoms with Gasteiger partial charge >= 0.3 is 0 Å². The molecule has 0 bridgehead atoms. The monoisotopic (exact) mass is 270 g/mol. The first kappa shape index (κ1) is 13.5. The maximum Gasteiger partial charge on any atom is 0.0873 e. The Balaban J connectivity index is 2.00. The molecule has 3 nitrogen and oxygen atoms in total. The van der Waals surface area contributed by atoms with Crippen LogP contribution in [0.4, 0.5) is 0 Å². The van der Waals surface area contributed by atoms with Crippen molar-refractivity contribution in [1.82, 2.24) is 10.3 Å². The molecule has 1 atom stereocenters. The normalized spacial score (nSPS) is 18.7. The van der Waals surface area contributed by atoms with Gasteiger partial charge in [-0.05, 0) is 43.5 Å².